The average Bonchev–Trinajstić information content (AvgIpc) is 2.01. The summed E-state index contributed by atoms with van der Waals surface area (Å²) in [6.07, 6.45) is 0.861. The second kappa shape index (κ2) is 3.76. The fraction of sp³-hybridized carbons (Fsp3) is 0.250. The van der Waals surface area contributed by atoms with Gasteiger partial charge in [-0.2, -0.15) is 8.42 Å². The standard InChI is InChI=1S/C8H12N2O2S/c1-2-7-4-3-5-8(6-7)10-13(9,11)12/h3-6,10H,2H2,1H3,(H2,9,11,12). The minimum atomic E-state index is -3.65. The molecule has 3 N–H and O–H groups in total. The number of aryl methyl sites for hydroxylation is 1. The summed E-state index contributed by atoms with van der Waals surface area (Å²) in [4.78, 5) is 0. The van der Waals surface area contributed by atoms with Crippen LogP contribution >= 0.6 is 0 Å². The van der Waals surface area contributed by atoms with Crippen molar-refractivity contribution in [3.63, 3.8) is 0 Å². The van der Waals surface area contributed by atoms with E-state index in [1.54, 1.807) is 18.2 Å². The van der Waals surface area contributed by atoms with Crippen molar-refractivity contribution >= 4 is 15.9 Å². The van der Waals surface area contributed by atoms with Gasteiger partial charge < -0.3 is 0 Å². The highest BCUT2D eigenvalue weighted by Crippen LogP contribution is 2.11. The molecule has 72 valence electrons. The van der Waals surface area contributed by atoms with Crippen LogP contribution in [0.15, 0.2) is 24.3 Å². The Labute approximate surface area is 77.9 Å². The molecule has 0 spiro atoms. The molecule has 5 heteroatoms. The third-order valence-electron chi connectivity index (χ3n) is 1.60. The van der Waals surface area contributed by atoms with E-state index in [4.69, 9.17) is 5.14 Å². The molecule has 0 aliphatic rings. The summed E-state index contributed by atoms with van der Waals surface area (Å²) in [6.45, 7) is 2.00. The van der Waals surface area contributed by atoms with Crippen LogP contribution in [-0.4, -0.2) is 8.42 Å². The van der Waals surface area contributed by atoms with Gasteiger partial charge in [0.25, 0.3) is 10.2 Å². The molecule has 0 amide bonds. The summed E-state index contributed by atoms with van der Waals surface area (Å²) in [5.41, 5.74) is 1.57. The topological polar surface area (TPSA) is 72.2 Å². The summed E-state index contributed by atoms with van der Waals surface area (Å²) >= 11 is 0. The maximum absolute atomic E-state index is 10.7. The first-order valence-electron chi connectivity index (χ1n) is 3.91. The highest BCUT2D eigenvalue weighted by molar-refractivity contribution is 7.90. The Kier molecular flexibility index (Phi) is 2.90. The van der Waals surface area contributed by atoms with Crippen LogP contribution in [0, 0.1) is 0 Å². The molecule has 0 saturated heterocycles. The smallest absolute Gasteiger partial charge is 0.271 e. The summed E-state index contributed by atoms with van der Waals surface area (Å²) in [6, 6.07) is 7.12. The molecule has 0 fully saturated rings. The highest BCUT2D eigenvalue weighted by Gasteiger charge is 2.01. The van der Waals surface area contributed by atoms with E-state index < -0.39 is 10.2 Å². The lowest BCUT2D eigenvalue weighted by molar-refractivity contribution is 0.603. The number of benzene rings is 1. The van der Waals surface area contributed by atoms with Crippen molar-refractivity contribution in [1.29, 1.82) is 0 Å². The third-order valence-corrected chi connectivity index (χ3v) is 2.12. The number of nitrogens with two attached hydrogens (primary N) is 1. The average molecular weight is 200 g/mol. The number of hydrogen-bond acceptors (Lipinski definition) is 2. The molecule has 1 aromatic carbocycles. The molecule has 0 bridgehead atoms. The van der Waals surface area contributed by atoms with Gasteiger partial charge in [0.05, 0.1) is 0 Å². The molecule has 1 aromatic rings. The molecule has 0 aliphatic carbocycles. The van der Waals surface area contributed by atoms with E-state index in [0.29, 0.717) is 5.69 Å². The van der Waals surface area contributed by atoms with Gasteiger partial charge in [-0.1, -0.05) is 19.1 Å². The second-order valence-electron chi connectivity index (χ2n) is 2.70. The van der Waals surface area contributed by atoms with Crippen molar-refractivity contribution in [1.82, 2.24) is 0 Å². The zero-order chi connectivity index (χ0) is 9.90. The van der Waals surface area contributed by atoms with Crippen molar-refractivity contribution in [3.8, 4) is 0 Å². The Morgan fingerprint density at radius 3 is 2.69 bits per heavy atom. The second-order valence-corrected chi connectivity index (χ2v) is 4.00. The lowest BCUT2D eigenvalue weighted by Gasteiger charge is -2.04. The number of hydrogen-bond donors (Lipinski definition) is 2. The van der Waals surface area contributed by atoms with Crippen LogP contribution in [0.5, 0.6) is 0 Å². The Bertz CT molecular complexity index is 387. The SMILES string of the molecule is CCc1cccc(NS(N)(=O)=O)c1. The van der Waals surface area contributed by atoms with Gasteiger partial charge in [0.15, 0.2) is 0 Å². The van der Waals surface area contributed by atoms with Gasteiger partial charge in [0, 0.05) is 5.69 Å². The van der Waals surface area contributed by atoms with Crippen LogP contribution in [0.3, 0.4) is 0 Å². The van der Waals surface area contributed by atoms with Gasteiger partial charge in [-0.05, 0) is 24.1 Å². The molecule has 4 nitrogen and oxygen atoms in total. The Morgan fingerprint density at radius 2 is 2.15 bits per heavy atom. The summed E-state index contributed by atoms with van der Waals surface area (Å²) in [5, 5.41) is 4.82. The summed E-state index contributed by atoms with van der Waals surface area (Å²) in [5.74, 6) is 0. The molecule has 0 atom stereocenters. The van der Waals surface area contributed by atoms with Crippen LogP contribution in [0.1, 0.15) is 12.5 Å². The van der Waals surface area contributed by atoms with Crippen molar-refractivity contribution in [2.75, 3.05) is 4.72 Å². The van der Waals surface area contributed by atoms with Crippen molar-refractivity contribution in [2.45, 2.75) is 13.3 Å². The first kappa shape index (κ1) is 10.0. The molecule has 0 aromatic heterocycles. The van der Waals surface area contributed by atoms with E-state index in [1.165, 1.54) is 0 Å². The predicted molar refractivity (Wildman–Crippen MR) is 52.5 cm³/mol. The maximum atomic E-state index is 10.7. The lowest BCUT2D eigenvalue weighted by atomic mass is 10.1. The van der Waals surface area contributed by atoms with Gasteiger partial charge in [-0.25, -0.2) is 5.14 Å². The fourth-order valence-corrected chi connectivity index (χ4v) is 1.47. The van der Waals surface area contributed by atoms with E-state index >= 15 is 0 Å². The van der Waals surface area contributed by atoms with E-state index in [1.807, 2.05) is 13.0 Å². The van der Waals surface area contributed by atoms with E-state index in [-0.39, 0.29) is 0 Å². The van der Waals surface area contributed by atoms with Crippen LogP contribution < -0.4 is 9.86 Å². The molecule has 0 heterocycles. The molecule has 0 aliphatic heterocycles. The Morgan fingerprint density at radius 1 is 1.46 bits per heavy atom. The Hall–Kier alpha value is -1.07. The van der Waals surface area contributed by atoms with Crippen LogP contribution in [0.25, 0.3) is 0 Å². The molecule has 13 heavy (non-hydrogen) atoms. The van der Waals surface area contributed by atoms with Crippen molar-refractivity contribution in [3.05, 3.63) is 29.8 Å². The fourth-order valence-electron chi connectivity index (χ4n) is 1.02. The van der Waals surface area contributed by atoms with E-state index in [2.05, 4.69) is 4.72 Å². The minimum absolute atomic E-state index is 0.502. The molecule has 1 rings (SSSR count). The van der Waals surface area contributed by atoms with Gasteiger partial charge in [0.2, 0.25) is 0 Å². The molecule has 0 unspecified atom stereocenters. The first-order valence-corrected chi connectivity index (χ1v) is 5.45. The van der Waals surface area contributed by atoms with Crippen molar-refractivity contribution < 1.29 is 8.42 Å². The first-order chi connectivity index (χ1) is 6.01. The van der Waals surface area contributed by atoms with E-state index in [0.717, 1.165) is 12.0 Å². The van der Waals surface area contributed by atoms with Gasteiger partial charge in [-0.3, -0.25) is 4.72 Å². The number of rotatable bonds is 3. The minimum Gasteiger partial charge on any atom is -0.271 e. The van der Waals surface area contributed by atoms with Gasteiger partial charge in [-0.15, -0.1) is 0 Å². The quantitative estimate of drug-likeness (QED) is 0.759. The molecular weight excluding hydrogens is 188 g/mol. The van der Waals surface area contributed by atoms with Crippen molar-refractivity contribution in [2.24, 2.45) is 5.14 Å². The maximum Gasteiger partial charge on any atom is 0.296 e. The predicted octanol–water partition coefficient (Wildman–Crippen LogP) is 0.864. The van der Waals surface area contributed by atoms with Gasteiger partial charge in [0.1, 0.15) is 0 Å². The number of nitrogens with one attached hydrogen (secondary N) is 1. The zero-order valence-electron chi connectivity index (χ0n) is 7.32. The van der Waals surface area contributed by atoms with Crippen LogP contribution in [-0.2, 0) is 16.6 Å². The lowest BCUT2D eigenvalue weighted by Crippen LogP contribution is -2.21. The number of anilines is 1. The van der Waals surface area contributed by atoms with Gasteiger partial charge >= 0.3 is 0 Å². The largest absolute Gasteiger partial charge is 0.296 e. The monoisotopic (exact) mass is 200 g/mol. The third kappa shape index (κ3) is 3.43. The molecular formula is C8H12N2O2S. The highest BCUT2D eigenvalue weighted by atomic mass is 32.2. The Balaban J connectivity index is 2.90. The van der Waals surface area contributed by atoms with Crippen LogP contribution in [0.2, 0.25) is 0 Å². The van der Waals surface area contributed by atoms with Crippen LogP contribution in [0.4, 0.5) is 5.69 Å². The van der Waals surface area contributed by atoms with E-state index in [9.17, 15) is 8.42 Å². The molecule has 0 saturated carbocycles. The zero-order valence-corrected chi connectivity index (χ0v) is 8.14. The molecule has 0 radical (unpaired) electrons. The summed E-state index contributed by atoms with van der Waals surface area (Å²) in [7, 11) is -3.65. The summed E-state index contributed by atoms with van der Waals surface area (Å²) < 4.78 is 23.5. The normalized spacial score (nSPS) is 11.2.